The maximum Gasteiger partial charge on any atom is 0.257 e. The van der Waals surface area contributed by atoms with E-state index in [1.165, 1.54) is 39.9 Å². The fourth-order valence-corrected chi connectivity index (χ4v) is 6.08. The summed E-state index contributed by atoms with van der Waals surface area (Å²) in [7, 11) is -1.95. The third-order valence-corrected chi connectivity index (χ3v) is 8.12. The van der Waals surface area contributed by atoms with Crippen LogP contribution in [-0.4, -0.2) is 43.8 Å². The smallest absolute Gasteiger partial charge is 0.257 e. The number of sulfonamides is 1. The first-order valence-corrected chi connectivity index (χ1v) is 12.7. The second-order valence-electron chi connectivity index (χ2n) is 7.83. The monoisotopic (exact) mass is 471 g/mol. The third kappa shape index (κ3) is 4.69. The van der Waals surface area contributed by atoms with Crippen LogP contribution in [0.15, 0.2) is 58.8 Å². The first kappa shape index (κ1) is 22.4. The number of carbonyl (C=O) groups is 1. The van der Waals surface area contributed by atoms with Crippen molar-refractivity contribution in [2.45, 2.75) is 24.7 Å². The molecule has 0 aliphatic carbocycles. The number of ether oxygens (including phenoxy) is 1. The second kappa shape index (κ2) is 9.40. The number of anilines is 1. The van der Waals surface area contributed by atoms with Gasteiger partial charge in [0.15, 0.2) is 5.13 Å². The quantitative estimate of drug-likeness (QED) is 0.572. The molecule has 1 atom stereocenters. The summed E-state index contributed by atoms with van der Waals surface area (Å²) in [5.74, 6) is 0.708. The van der Waals surface area contributed by atoms with Gasteiger partial charge in [0.2, 0.25) is 10.0 Å². The predicted octanol–water partition coefficient (Wildman–Crippen LogP) is 4.49. The van der Waals surface area contributed by atoms with E-state index in [1.54, 1.807) is 7.11 Å². The lowest BCUT2D eigenvalue weighted by Crippen LogP contribution is -2.39. The van der Waals surface area contributed by atoms with Crippen LogP contribution in [0.4, 0.5) is 5.13 Å². The van der Waals surface area contributed by atoms with Crippen molar-refractivity contribution in [2.24, 2.45) is 5.92 Å². The van der Waals surface area contributed by atoms with Crippen molar-refractivity contribution in [3.8, 4) is 17.0 Å². The molecule has 1 fully saturated rings. The molecule has 4 rings (SSSR count). The van der Waals surface area contributed by atoms with Crippen molar-refractivity contribution < 1.29 is 17.9 Å². The lowest BCUT2D eigenvalue weighted by Gasteiger charge is -2.30. The highest BCUT2D eigenvalue weighted by atomic mass is 32.2. The van der Waals surface area contributed by atoms with E-state index >= 15 is 0 Å². The number of carbonyl (C=O) groups excluding carboxylic acids is 1. The van der Waals surface area contributed by atoms with Gasteiger partial charge in [0.05, 0.1) is 17.7 Å². The van der Waals surface area contributed by atoms with Crippen LogP contribution in [0.2, 0.25) is 0 Å². The fourth-order valence-electron chi connectivity index (χ4n) is 3.77. The summed E-state index contributed by atoms with van der Waals surface area (Å²) in [6.07, 6.45) is 1.91. The standard InChI is InChI=1S/C23H25N3O4S2/c1-16-6-5-13-26(14-16)32(28,29)18-11-9-17(10-12-18)22(27)25-23-24-20(15-31-23)19-7-3-4-8-21(19)30-2/h3-4,7-12,15-16H,5-6,13-14H2,1-2H3,(H,24,25,27). The molecule has 0 saturated carbocycles. The van der Waals surface area contributed by atoms with Crippen molar-refractivity contribution in [3.05, 3.63) is 59.5 Å². The van der Waals surface area contributed by atoms with E-state index < -0.39 is 10.0 Å². The SMILES string of the molecule is COc1ccccc1-c1csc(NC(=O)c2ccc(S(=O)(=O)N3CCCC(C)C3)cc2)n1. The van der Waals surface area contributed by atoms with E-state index in [0.717, 1.165) is 18.4 Å². The minimum absolute atomic E-state index is 0.204. The van der Waals surface area contributed by atoms with E-state index in [1.807, 2.05) is 29.6 Å². The van der Waals surface area contributed by atoms with Crippen LogP contribution in [0.1, 0.15) is 30.1 Å². The normalized spacial score (nSPS) is 17.1. The highest BCUT2D eigenvalue weighted by molar-refractivity contribution is 7.89. The number of hydrogen-bond donors (Lipinski definition) is 1. The molecular weight excluding hydrogens is 446 g/mol. The number of rotatable bonds is 6. The average Bonchev–Trinajstić information content (AvgIpc) is 3.27. The first-order valence-electron chi connectivity index (χ1n) is 10.4. The van der Waals surface area contributed by atoms with Gasteiger partial charge in [-0.05, 0) is 55.2 Å². The first-order chi connectivity index (χ1) is 15.4. The summed E-state index contributed by atoms with van der Waals surface area (Å²) in [6.45, 7) is 3.13. The molecule has 0 radical (unpaired) electrons. The van der Waals surface area contributed by atoms with Crippen molar-refractivity contribution >= 4 is 32.4 Å². The maximum atomic E-state index is 12.9. The molecule has 1 amide bonds. The Morgan fingerprint density at radius 3 is 2.66 bits per heavy atom. The van der Waals surface area contributed by atoms with Gasteiger partial charge in [-0.2, -0.15) is 4.31 Å². The molecule has 168 valence electrons. The van der Waals surface area contributed by atoms with Gasteiger partial charge in [-0.15, -0.1) is 11.3 Å². The molecular formula is C23H25N3O4S2. The molecule has 7 nitrogen and oxygen atoms in total. The van der Waals surface area contributed by atoms with Gasteiger partial charge < -0.3 is 4.74 Å². The highest BCUT2D eigenvalue weighted by Gasteiger charge is 2.28. The number of amides is 1. The number of nitrogens with zero attached hydrogens (tertiary/aromatic N) is 2. The van der Waals surface area contributed by atoms with E-state index in [4.69, 9.17) is 4.74 Å². The van der Waals surface area contributed by atoms with E-state index in [2.05, 4.69) is 17.2 Å². The van der Waals surface area contributed by atoms with Gasteiger partial charge in [0.25, 0.3) is 5.91 Å². The summed E-state index contributed by atoms with van der Waals surface area (Å²) >= 11 is 1.31. The number of aromatic nitrogens is 1. The molecule has 2 heterocycles. The topological polar surface area (TPSA) is 88.6 Å². The van der Waals surface area contributed by atoms with Gasteiger partial charge in [-0.3, -0.25) is 10.1 Å². The van der Waals surface area contributed by atoms with Crippen LogP contribution >= 0.6 is 11.3 Å². The zero-order valence-corrected chi connectivity index (χ0v) is 19.6. The molecule has 0 bridgehead atoms. The molecule has 32 heavy (non-hydrogen) atoms. The van der Waals surface area contributed by atoms with Crippen molar-refractivity contribution in [3.63, 3.8) is 0 Å². The molecule has 9 heteroatoms. The molecule has 2 aromatic carbocycles. The molecule has 1 N–H and O–H groups in total. The summed E-state index contributed by atoms with van der Waals surface area (Å²) in [6, 6.07) is 13.6. The number of thiazole rings is 1. The molecule has 0 spiro atoms. The molecule has 1 aliphatic rings. The van der Waals surface area contributed by atoms with E-state index in [9.17, 15) is 13.2 Å². The van der Waals surface area contributed by atoms with Crippen LogP contribution in [0.3, 0.4) is 0 Å². The Kier molecular flexibility index (Phi) is 6.59. The van der Waals surface area contributed by atoms with Crippen LogP contribution in [0.5, 0.6) is 5.75 Å². The Bertz CT molecular complexity index is 1210. The number of nitrogens with one attached hydrogen (secondary N) is 1. The zero-order chi connectivity index (χ0) is 22.7. The molecule has 1 saturated heterocycles. The minimum Gasteiger partial charge on any atom is -0.496 e. The van der Waals surface area contributed by atoms with E-state index in [-0.39, 0.29) is 10.8 Å². The van der Waals surface area contributed by atoms with Gasteiger partial charge >= 0.3 is 0 Å². The van der Waals surface area contributed by atoms with Gasteiger partial charge in [-0.25, -0.2) is 13.4 Å². The molecule has 1 aromatic heterocycles. The maximum absolute atomic E-state index is 12.9. The Morgan fingerprint density at radius 2 is 1.94 bits per heavy atom. The summed E-state index contributed by atoms with van der Waals surface area (Å²) in [5.41, 5.74) is 1.92. The second-order valence-corrected chi connectivity index (χ2v) is 10.6. The largest absolute Gasteiger partial charge is 0.496 e. The van der Waals surface area contributed by atoms with Crippen LogP contribution in [0.25, 0.3) is 11.3 Å². The van der Waals surface area contributed by atoms with E-state index in [0.29, 0.717) is 41.1 Å². The number of para-hydroxylation sites is 1. The minimum atomic E-state index is -3.55. The average molecular weight is 472 g/mol. The lowest BCUT2D eigenvalue weighted by atomic mass is 10.0. The molecule has 1 unspecified atom stereocenters. The predicted molar refractivity (Wildman–Crippen MR) is 126 cm³/mol. The van der Waals surface area contributed by atoms with Crippen molar-refractivity contribution in [1.82, 2.24) is 9.29 Å². The number of benzene rings is 2. The summed E-state index contributed by atoms with van der Waals surface area (Å²) in [4.78, 5) is 17.3. The van der Waals surface area contributed by atoms with Gasteiger partial charge in [0.1, 0.15) is 5.75 Å². The Hall–Kier alpha value is -2.75. The van der Waals surface area contributed by atoms with Gasteiger partial charge in [-0.1, -0.05) is 19.1 Å². The number of methoxy groups -OCH3 is 1. The summed E-state index contributed by atoms with van der Waals surface area (Å²) < 4.78 is 32.7. The zero-order valence-electron chi connectivity index (χ0n) is 17.9. The fraction of sp³-hybridized carbons (Fsp3) is 0.304. The Morgan fingerprint density at radius 1 is 1.19 bits per heavy atom. The highest BCUT2D eigenvalue weighted by Crippen LogP contribution is 2.32. The van der Waals surface area contributed by atoms with Crippen LogP contribution < -0.4 is 10.1 Å². The lowest BCUT2D eigenvalue weighted by molar-refractivity contribution is 0.102. The number of piperidine rings is 1. The van der Waals surface area contributed by atoms with Crippen molar-refractivity contribution in [1.29, 1.82) is 0 Å². The Labute approximate surface area is 192 Å². The Balaban J connectivity index is 1.46. The van der Waals surface area contributed by atoms with Crippen LogP contribution in [-0.2, 0) is 10.0 Å². The van der Waals surface area contributed by atoms with Crippen molar-refractivity contribution in [2.75, 3.05) is 25.5 Å². The number of hydrogen-bond acceptors (Lipinski definition) is 6. The van der Waals surface area contributed by atoms with Gasteiger partial charge in [0, 0.05) is 29.6 Å². The molecule has 3 aromatic rings. The molecule has 1 aliphatic heterocycles. The summed E-state index contributed by atoms with van der Waals surface area (Å²) in [5, 5.41) is 5.08. The third-order valence-electron chi connectivity index (χ3n) is 5.48. The van der Waals surface area contributed by atoms with Crippen LogP contribution in [0, 0.1) is 5.92 Å².